The van der Waals surface area contributed by atoms with Gasteiger partial charge in [0, 0.05) is 18.7 Å². The van der Waals surface area contributed by atoms with Crippen molar-refractivity contribution in [3.63, 3.8) is 0 Å². The maximum absolute atomic E-state index is 12.7. The molecule has 0 bridgehead atoms. The number of fused-ring (bicyclic) bond motifs is 1. The number of hydroxylamine groups is 1. The molecule has 4 rings (SSSR count). The molecule has 1 aliphatic rings. The number of para-hydroxylation sites is 2. The summed E-state index contributed by atoms with van der Waals surface area (Å²) in [7, 11) is 0. The van der Waals surface area contributed by atoms with E-state index in [1.807, 2.05) is 28.8 Å². The maximum atomic E-state index is 12.7. The smallest absolute Gasteiger partial charge is 0.407 e. The Hall–Kier alpha value is -3.63. The van der Waals surface area contributed by atoms with Gasteiger partial charge in [0.15, 0.2) is 0 Å². The molecular formula is C21H20ClN5O5. The van der Waals surface area contributed by atoms with Gasteiger partial charge in [0.25, 0.3) is 5.91 Å². The number of carbonyl (C=O) groups is 3. The quantitative estimate of drug-likeness (QED) is 0.341. The number of rotatable bonds is 5. The minimum atomic E-state index is -1.20. The summed E-state index contributed by atoms with van der Waals surface area (Å²) >= 11 is 6.27. The van der Waals surface area contributed by atoms with Crippen molar-refractivity contribution in [1.82, 2.24) is 25.2 Å². The Morgan fingerprint density at radius 2 is 1.81 bits per heavy atom. The van der Waals surface area contributed by atoms with Gasteiger partial charge in [-0.25, -0.2) is 15.3 Å². The average molecular weight is 458 g/mol. The number of imidazole rings is 1. The summed E-state index contributed by atoms with van der Waals surface area (Å²) in [6, 6.07) is 13.7. The fourth-order valence-corrected chi connectivity index (χ4v) is 4.09. The predicted octanol–water partition coefficient (Wildman–Crippen LogP) is 1.95. The zero-order chi connectivity index (χ0) is 22.8. The van der Waals surface area contributed by atoms with E-state index in [0.717, 1.165) is 21.5 Å². The molecule has 0 spiro atoms. The number of amides is 3. The summed E-state index contributed by atoms with van der Waals surface area (Å²) < 4.78 is 1.86. The first-order valence-electron chi connectivity index (χ1n) is 9.79. The number of carboxylic acid groups (broad SMARTS) is 1. The van der Waals surface area contributed by atoms with Crippen molar-refractivity contribution >= 4 is 40.5 Å². The lowest BCUT2D eigenvalue weighted by molar-refractivity contribution is -0.133. The zero-order valence-electron chi connectivity index (χ0n) is 16.7. The highest BCUT2D eigenvalue weighted by atomic mass is 35.5. The van der Waals surface area contributed by atoms with Crippen molar-refractivity contribution in [3.05, 3.63) is 64.9 Å². The maximum Gasteiger partial charge on any atom is 0.407 e. The zero-order valence-corrected chi connectivity index (χ0v) is 17.5. The molecule has 1 saturated heterocycles. The Labute approximate surface area is 187 Å². The van der Waals surface area contributed by atoms with Crippen LogP contribution in [0.2, 0.25) is 5.28 Å². The van der Waals surface area contributed by atoms with Gasteiger partial charge >= 0.3 is 6.09 Å². The first-order valence-corrected chi connectivity index (χ1v) is 10.2. The van der Waals surface area contributed by atoms with Crippen LogP contribution in [0.5, 0.6) is 0 Å². The fraction of sp³-hybridized carbons (Fsp3) is 0.238. The van der Waals surface area contributed by atoms with E-state index < -0.39 is 29.9 Å². The average Bonchev–Trinajstić information content (AvgIpc) is 3.35. The number of nitrogens with zero attached hydrogens (tertiary/aromatic N) is 3. The van der Waals surface area contributed by atoms with Gasteiger partial charge in [0.05, 0.1) is 29.5 Å². The van der Waals surface area contributed by atoms with Crippen LogP contribution in [0.3, 0.4) is 0 Å². The lowest BCUT2D eigenvalue weighted by atomic mass is 10.0. The Balaban J connectivity index is 1.46. The second-order valence-electron chi connectivity index (χ2n) is 7.50. The molecule has 1 fully saturated rings. The van der Waals surface area contributed by atoms with Crippen molar-refractivity contribution in [2.24, 2.45) is 5.92 Å². The minimum absolute atomic E-state index is 0.0521. The van der Waals surface area contributed by atoms with E-state index in [0.29, 0.717) is 17.4 Å². The van der Waals surface area contributed by atoms with Crippen LogP contribution in [-0.4, -0.2) is 61.8 Å². The molecule has 3 amide bonds. The standard InChI is InChI=1S/C21H20ClN5O5/c22-20-24-15-3-1-2-4-17(15)27(20)9-12-5-7-13(8-6-12)18(28)23-16-11-26(21(30)31)10-14(16)19(29)25-32/h1-8,14,16,32H,9-11H2,(H,23,28)(H,25,29)(H,30,31)/t14-,16+/m0/s1. The van der Waals surface area contributed by atoms with Crippen molar-refractivity contribution in [2.45, 2.75) is 12.6 Å². The van der Waals surface area contributed by atoms with Gasteiger partial charge < -0.3 is 19.9 Å². The second-order valence-corrected chi connectivity index (χ2v) is 7.84. The molecule has 2 heterocycles. The van der Waals surface area contributed by atoms with Gasteiger partial charge in [-0.15, -0.1) is 0 Å². The number of carbonyl (C=O) groups excluding carboxylic acids is 2. The molecule has 10 nitrogen and oxygen atoms in total. The number of aromatic nitrogens is 2. The van der Waals surface area contributed by atoms with E-state index in [-0.39, 0.29) is 13.1 Å². The van der Waals surface area contributed by atoms with Crippen molar-refractivity contribution in [1.29, 1.82) is 0 Å². The third-order valence-corrected chi connectivity index (χ3v) is 5.81. The van der Waals surface area contributed by atoms with E-state index in [4.69, 9.17) is 16.8 Å². The van der Waals surface area contributed by atoms with Crippen molar-refractivity contribution in [3.8, 4) is 0 Å². The predicted molar refractivity (Wildman–Crippen MR) is 115 cm³/mol. The summed E-state index contributed by atoms with van der Waals surface area (Å²) in [6.45, 7) is 0.296. The molecule has 32 heavy (non-hydrogen) atoms. The van der Waals surface area contributed by atoms with Crippen LogP contribution in [0, 0.1) is 5.92 Å². The molecule has 166 valence electrons. The molecule has 2 aromatic carbocycles. The Kier molecular flexibility index (Phi) is 5.97. The molecule has 0 aliphatic carbocycles. The summed E-state index contributed by atoms with van der Waals surface area (Å²) in [5, 5.41) is 21.2. The van der Waals surface area contributed by atoms with Crippen LogP contribution in [-0.2, 0) is 11.3 Å². The topological polar surface area (TPSA) is 137 Å². The lowest BCUT2D eigenvalue weighted by Crippen LogP contribution is -2.45. The van der Waals surface area contributed by atoms with E-state index in [1.54, 1.807) is 24.3 Å². The van der Waals surface area contributed by atoms with Crippen LogP contribution in [0.25, 0.3) is 11.0 Å². The Morgan fingerprint density at radius 1 is 1.09 bits per heavy atom. The highest BCUT2D eigenvalue weighted by molar-refractivity contribution is 6.29. The molecule has 0 radical (unpaired) electrons. The monoisotopic (exact) mass is 457 g/mol. The Morgan fingerprint density at radius 3 is 2.50 bits per heavy atom. The first kappa shape index (κ1) is 21.6. The molecule has 11 heteroatoms. The highest BCUT2D eigenvalue weighted by Crippen LogP contribution is 2.22. The highest BCUT2D eigenvalue weighted by Gasteiger charge is 2.40. The molecule has 1 aliphatic heterocycles. The molecular weight excluding hydrogens is 438 g/mol. The van der Waals surface area contributed by atoms with Crippen LogP contribution < -0.4 is 10.8 Å². The third-order valence-electron chi connectivity index (χ3n) is 5.52. The number of halogens is 1. The normalized spacial score (nSPS) is 18.0. The molecule has 2 atom stereocenters. The first-order chi connectivity index (χ1) is 15.4. The van der Waals surface area contributed by atoms with Gasteiger partial charge in [0.2, 0.25) is 11.2 Å². The summed E-state index contributed by atoms with van der Waals surface area (Å²) in [6.07, 6.45) is -1.20. The van der Waals surface area contributed by atoms with Crippen LogP contribution in [0.4, 0.5) is 4.79 Å². The SMILES string of the molecule is O=C(N[C@@H]1CN(C(=O)O)C[C@@H]1C(=O)NO)c1ccc(Cn2c(Cl)nc3ccccc32)cc1. The summed E-state index contributed by atoms with van der Waals surface area (Å²) in [4.78, 5) is 41.1. The molecule has 0 saturated carbocycles. The Bertz CT molecular complexity index is 1180. The van der Waals surface area contributed by atoms with Gasteiger partial charge in [0.1, 0.15) is 0 Å². The minimum Gasteiger partial charge on any atom is -0.465 e. The molecule has 3 aromatic rings. The largest absolute Gasteiger partial charge is 0.465 e. The number of nitrogens with one attached hydrogen (secondary N) is 2. The summed E-state index contributed by atoms with van der Waals surface area (Å²) in [5.74, 6) is -2.09. The molecule has 1 aromatic heterocycles. The fourth-order valence-electron chi connectivity index (χ4n) is 3.85. The van der Waals surface area contributed by atoms with E-state index in [9.17, 15) is 19.5 Å². The number of likely N-dealkylation sites (tertiary alicyclic amines) is 1. The van der Waals surface area contributed by atoms with E-state index >= 15 is 0 Å². The number of hydrogen-bond acceptors (Lipinski definition) is 5. The van der Waals surface area contributed by atoms with Crippen molar-refractivity contribution in [2.75, 3.05) is 13.1 Å². The van der Waals surface area contributed by atoms with Gasteiger partial charge in [-0.3, -0.25) is 14.8 Å². The van der Waals surface area contributed by atoms with E-state index in [1.165, 1.54) is 5.48 Å². The van der Waals surface area contributed by atoms with Gasteiger partial charge in [-0.2, -0.15) is 0 Å². The third kappa shape index (κ3) is 4.23. The lowest BCUT2D eigenvalue weighted by Gasteiger charge is -2.18. The molecule has 0 unspecified atom stereocenters. The van der Waals surface area contributed by atoms with E-state index in [2.05, 4.69) is 10.3 Å². The number of benzene rings is 2. The van der Waals surface area contributed by atoms with Crippen molar-refractivity contribution < 1.29 is 24.7 Å². The van der Waals surface area contributed by atoms with Crippen LogP contribution in [0.15, 0.2) is 48.5 Å². The summed E-state index contributed by atoms with van der Waals surface area (Å²) in [5.41, 5.74) is 4.48. The van der Waals surface area contributed by atoms with Gasteiger partial charge in [-0.1, -0.05) is 24.3 Å². The van der Waals surface area contributed by atoms with Crippen LogP contribution >= 0.6 is 11.6 Å². The number of hydrogen-bond donors (Lipinski definition) is 4. The molecule has 4 N–H and O–H groups in total. The van der Waals surface area contributed by atoms with Crippen LogP contribution in [0.1, 0.15) is 15.9 Å². The second kappa shape index (κ2) is 8.85. The van der Waals surface area contributed by atoms with Gasteiger partial charge in [-0.05, 0) is 41.4 Å².